The highest BCUT2D eigenvalue weighted by Gasteiger charge is 2.23. The number of rotatable bonds is 4. The van der Waals surface area contributed by atoms with Crippen molar-refractivity contribution in [2.45, 2.75) is 17.7 Å². The maximum absolute atomic E-state index is 12.3. The van der Waals surface area contributed by atoms with Crippen LogP contribution in [0.15, 0.2) is 33.9 Å². The Kier molecular flexibility index (Phi) is 3.88. The number of nitrogens with zero attached hydrogens (tertiary/aromatic N) is 2. The highest BCUT2D eigenvalue weighted by atomic mass is 32.2. The van der Waals surface area contributed by atoms with Crippen LogP contribution >= 0.6 is 11.3 Å². The summed E-state index contributed by atoms with van der Waals surface area (Å²) in [6.45, 7) is 2.11. The monoisotopic (exact) mass is 297 g/mol. The first-order valence-electron chi connectivity index (χ1n) is 5.62. The van der Waals surface area contributed by atoms with Gasteiger partial charge in [0.1, 0.15) is 4.21 Å². The average molecular weight is 297 g/mol. The molecule has 7 heteroatoms. The third-order valence-corrected chi connectivity index (χ3v) is 5.83. The van der Waals surface area contributed by atoms with Gasteiger partial charge in [-0.3, -0.25) is 4.98 Å². The lowest BCUT2D eigenvalue weighted by molar-refractivity contribution is 0.463. The summed E-state index contributed by atoms with van der Waals surface area (Å²) in [5, 5.41) is 1.62. The third-order valence-electron chi connectivity index (χ3n) is 2.59. The lowest BCUT2D eigenvalue weighted by Crippen LogP contribution is -2.26. The molecular formula is C12H15N3O2S2. The van der Waals surface area contributed by atoms with E-state index in [4.69, 9.17) is 5.73 Å². The molecule has 0 unspecified atom stereocenters. The molecule has 0 spiro atoms. The largest absolute Gasteiger partial charge is 0.398 e. The standard InChI is InChI=1S/C12H15N3O2S2/c1-9-4-3-5-11(14-9)7-15(2)19(16,17)12-6-10(13)8-18-12/h3-6,8H,7,13H2,1-2H3. The number of sulfonamides is 1. The zero-order valence-corrected chi connectivity index (χ0v) is 12.3. The minimum atomic E-state index is -3.50. The average Bonchev–Trinajstić information content (AvgIpc) is 2.76. The van der Waals surface area contributed by atoms with Gasteiger partial charge in [-0.25, -0.2) is 8.42 Å². The van der Waals surface area contributed by atoms with Crippen LogP contribution in [-0.4, -0.2) is 24.8 Å². The molecular weight excluding hydrogens is 282 g/mol. The topological polar surface area (TPSA) is 76.3 Å². The molecule has 0 amide bonds. The van der Waals surface area contributed by atoms with E-state index in [1.807, 2.05) is 25.1 Å². The van der Waals surface area contributed by atoms with Gasteiger partial charge in [-0.05, 0) is 25.1 Å². The van der Waals surface area contributed by atoms with Crippen LogP contribution in [0, 0.1) is 6.92 Å². The molecule has 0 bridgehead atoms. The van der Waals surface area contributed by atoms with Crippen LogP contribution < -0.4 is 5.73 Å². The molecule has 19 heavy (non-hydrogen) atoms. The van der Waals surface area contributed by atoms with Gasteiger partial charge in [0.25, 0.3) is 10.0 Å². The summed E-state index contributed by atoms with van der Waals surface area (Å²) in [5.74, 6) is 0. The molecule has 0 fully saturated rings. The highest BCUT2D eigenvalue weighted by Crippen LogP contribution is 2.25. The van der Waals surface area contributed by atoms with Crippen molar-refractivity contribution >= 4 is 27.0 Å². The van der Waals surface area contributed by atoms with Gasteiger partial charge in [0.05, 0.1) is 12.2 Å². The Bertz CT molecular complexity index is 680. The molecule has 0 saturated heterocycles. The van der Waals surface area contributed by atoms with E-state index in [-0.39, 0.29) is 10.8 Å². The predicted molar refractivity (Wildman–Crippen MR) is 76.4 cm³/mol. The quantitative estimate of drug-likeness (QED) is 0.934. The number of hydrogen-bond donors (Lipinski definition) is 1. The summed E-state index contributed by atoms with van der Waals surface area (Å²) < 4.78 is 26.1. The number of anilines is 1. The van der Waals surface area contributed by atoms with E-state index in [0.29, 0.717) is 5.69 Å². The molecule has 0 radical (unpaired) electrons. The summed E-state index contributed by atoms with van der Waals surface area (Å²) in [7, 11) is -1.96. The normalized spacial score (nSPS) is 11.9. The molecule has 0 saturated carbocycles. The van der Waals surface area contributed by atoms with Crippen molar-refractivity contribution in [1.82, 2.24) is 9.29 Å². The Morgan fingerprint density at radius 3 is 2.74 bits per heavy atom. The highest BCUT2D eigenvalue weighted by molar-refractivity contribution is 7.91. The molecule has 2 aromatic rings. The van der Waals surface area contributed by atoms with Gasteiger partial charge in [0.15, 0.2) is 0 Å². The number of thiophene rings is 1. The number of nitrogens with two attached hydrogens (primary N) is 1. The molecule has 0 aliphatic heterocycles. The Morgan fingerprint density at radius 2 is 2.16 bits per heavy atom. The van der Waals surface area contributed by atoms with Gasteiger partial charge in [-0.1, -0.05) is 6.07 Å². The molecule has 2 heterocycles. The van der Waals surface area contributed by atoms with Gasteiger partial charge in [-0.2, -0.15) is 4.31 Å². The van der Waals surface area contributed by atoms with E-state index in [1.165, 1.54) is 17.4 Å². The molecule has 5 nitrogen and oxygen atoms in total. The zero-order valence-electron chi connectivity index (χ0n) is 10.7. The van der Waals surface area contributed by atoms with E-state index < -0.39 is 10.0 Å². The van der Waals surface area contributed by atoms with Crippen LogP contribution in [0.2, 0.25) is 0 Å². The smallest absolute Gasteiger partial charge is 0.252 e. The summed E-state index contributed by atoms with van der Waals surface area (Å²) in [4.78, 5) is 4.30. The summed E-state index contributed by atoms with van der Waals surface area (Å²) in [6, 6.07) is 7.02. The van der Waals surface area contributed by atoms with E-state index in [1.54, 1.807) is 5.38 Å². The van der Waals surface area contributed by atoms with Crippen molar-refractivity contribution in [2.75, 3.05) is 12.8 Å². The molecule has 0 aromatic carbocycles. The van der Waals surface area contributed by atoms with Crippen LogP contribution in [-0.2, 0) is 16.6 Å². The fourth-order valence-corrected chi connectivity index (χ4v) is 4.05. The van der Waals surface area contributed by atoms with Gasteiger partial charge in [0, 0.05) is 23.8 Å². The minimum absolute atomic E-state index is 0.238. The first-order valence-corrected chi connectivity index (χ1v) is 7.94. The Hall–Kier alpha value is -1.44. The molecule has 0 aliphatic rings. The van der Waals surface area contributed by atoms with E-state index in [9.17, 15) is 8.42 Å². The lowest BCUT2D eigenvalue weighted by atomic mass is 10.3. The first-order chi connectivity index (χ1) is 8.89. The third kappa shape index (κ3) is 3.12. The van der Waals surface area contributed by atoms with Crippen LogP contribution in [0.5, 0.6) is 0 Å². The maximum atomic E-state index is 12.3. The first kappa shape index (κ1) is 14.0. The second-order valence-corrected chi connectivity index (χ2v) is 7.41. The number of pyridine rings is 1. The van der Waals surface area contributed by atoms with Gasteiger partial charge in [0.2, 0.25) is 0 Å². The van der Waals surface area contributed by atoms with Gasteiger partial charge in [-0.15, -0.1) is 11.3 Å². The lowest BCUT2D eigenvalue weighted by Gasteiger charge is -2.15. The zero-order chi connectivity index (χ0) is 14.0. The molecule has 0 aliphatic carbocycles. The maximum Gasteiger partial charge on any atom is 0.252 e. The fourth-order valence-electron chi connectivity index (χ4n) is 1.62. The van der Waals surface area contributed by atoms with Gasteiger partial charge < -0.3 is 5.73 Å². The van der Waals surface area contributed by atoms with Gasteiger partial charge >= 0.3 is 0 Å². The summed E-state index contributed by atoms with van der Waals surface area (Å²) >= 11 is 1.12. The Balaban J connectivity index is 2.22. The Morgan fingerprint density at radius 1 is 1.42 bits per heavy atom. The second-order valence-electron chi connectivity index (χ2n) is 4.23. The molecule has 0 atom stereocenters. The van der Waals surface area contributed by atoms with Crippen LogP contribution in [0.4, 0.5) is 5.69 Å². The summed E-state index contributed by atoms with van der Waals surface area (Å²) in [6.07, 6.45) is 0. The van der Waals surface area contributed by atoms with Crippen molar-refractivity contribution in [2.24, 2.45) is 0 Å². The molecule has 102 valence electrons. The molecule has 2 N–H and O–H groups in total. The Labute approximate surface area is 116 Å². The molecule has 2 rings (SSSR count). The number of aromatic nitrogens is 1. The van der Waals surface area contributed by atoms with Crippen LogP contribution in [0.25, 0.3) is 0 Å². The van der Waals surface area contributed by atoms with Crippen LogP contribution in [0.1, 0.15) is 11.4 Å². The van der Waals surface area contributed by atoms with Crippen molar-refractivity contribution in [3.05, 3.63) is 41.0 Å². The van der Waals surface area contributed by atoms with E-state index in [0.717, 1.165) is 22.7 Å². The minimum Gasteiger partial charge on any atom is -0.398 e. The van der Waals surface area contributed by atoms with Crippen LogP contribution in [0.3, 0.4) is 0 Å². The number of aryl methyl sites for hydroxylation is 1. The van der Waals surface area contributed by atoms with Crippen molar-refractivity contribution in [3.63, 3.8) is 0 Å². The second kappa shape index (κ2) is 5.28. The summed E-state index contributed by atoms with van der Waals surface area (Å²) in [5.41, 5.74) is 7.61. The predicted octanol–water partition coefficient (Wildman–Crippen LogP) is 1.85. The number of nitrogen functional groups attached to an aromatic ring is 1. The number of hydrogen-bond acceptors (Lipinski definition) is 5. The van der Waals surface area contributed by atoms with E-state index in [2.05, 4.69) is 4.98 Å². The SMILES string of the molecule is Cc1cccc(CN(C)S(=O)(=O)c2cc(N)cs2)n1. The fraction of sp³-hybridized carbons (Fsp3) is 0.250. The van der Waals surface area contributed by atoms with Crippen molar-refractivity contribution < 1.29 is 8.42 Å². The van der Waals surface area contributed by atoms with E-state index >= 15 is 0 Å². The molecule has 2 aromatic heterocycles. The van der Waals surface area contributed by atoms with Crippen molar-refractivity contribution in [1.29, 1.82) is 0 Å². The van der Waals surface area contributed by atoms with Crippen molar-refractivity contribution in [3.8, 4) is 0 Å².